The van der Waals surface area contributed by atoms with E-state index in [1.807, 2.05) is 24.3 Å². The molecule has 1 amide bonds. The van der Waals surface area contributed by atoms with Gasteiger partial charge in [0.25, 0.3) is 5.22 Å². The van der Waals surface area contributed by atoms with Crippen molar-refractivity contribution in [1.29, 1.82) is 0 Å². The van der Waals surface area contributed by atoms with Gasteiger partial charge in [0.15, 0.2) is 0 Å². The highest BCUT2D eigenvalue weighted by molar-refractivity contribution is 7.99. The van der Waals surface area contributed by atoms with E-state index in [1.54, 1.807) is 7.11 Å². The maximum Gasteiger partial charge on any atom is 0.277 e. The summed E-state index contributed by atoms with van der Waals surface area (Å²) in [6, 6.07) is 7.46. The Kier molecular flexibility index (Phi) is 4.57. The third-order valence-corrected chi connectivity index (χ3v) is 7.33. The lowest BCUT2D eigenvalue weighted by molar-refractivity contribution is -0.124. The Balaban J connectivity index is 1.18. The highest BCUT2D eigenvalue weighted by Crippen LogP contribution is 2.55. The molecule has 6 nitrogen and oxygen atoms in total. The molecular formula is C21H25N3O3S. The number of carbonyl (C=O) groups is 1. The monoisotopic (exact) mass is 399 g/mol. The van der Waals surface area contributed by atoms with Crippen LogP contribution < -0.4 is 10.1 Å². The molecule has 0 saturated heterocycles. The van der Waals surface area contributed by atoms with Gasteiger partial charge in [-0.05, 0) is 80.5 Å². The largest absolute Gasteiger partial charge is 0.497 e. The number of rotatable bonds is 6. The van der Waals surface area contributed by atoms with Crippen LogP contribution in [0.2, 0.25) is 0 Å². The number of benzene rings is 1. The molecule has 0 spiro atoms. The summed E-state index contributed by atoms with van der Waals surface area (Å²) in [5.41, 5.74) is 0.883. The van der Waals surface area contributed by atoms with E-state index >= 15 is 0 Å². The van der Waals surface area contributed by atoms with Crippen LogP contribution in [0.15, 0.2) is 33.9 Å². The Morgan fingerprint density at radius 3 is 2.39 bits per heavy atom. The summed E-state index contributed by atoms with van der Waals surface area (Å²) in [4.78, 5) is 12.6. The molecule has 4 aliphatic rings. The fourth-order valence-corrected chi connectivity index (χ4v) is 6.40. The Morgan fingerprint density at radius 1 is 1.14 bits per heavy atom. The topological polar surface area (TPSA) is 77.2 Å². The van der Waals surface area contributed by atoms with Crippen molar-refractivity contribution in [3.8, 4) is 17.2 Å². The van der Waals surface area contributed by atoms with Crippen molar-refractivity contribution < 1.29 is 13.9 Å². The first-order valence-electron chi connectivity index (χ1n) is 10.0. The van der Waals surface area contributed by atoms with Gasteiger partial charge in [0.05, 0.1) is 12.9 Å². The molecule has 4 saturated carbocycles. The molecule has 148 valence electrons. The summed E-state index contributed by atoms with van der Waals surface area (Å²) in [5, 5.41) is 12.0. The molecule has 1 N–H and O–H groups in total. The molecule has 0 unspecified atom stereocenters. The van der Waals surface area contributed by atoms with E-state index in [0.717, 1.165) is 29.1 Å². The average Bonchev–Trinajstić information content (AvgIpc) is 3.14. The smallest absolute Gasteiger partial charge is 0.277 e. The van der Waals surface area contributed by atoms with Crippen LogP contribution in [0.3, 0.4) is 0 Å². The third-order valence-electron chi connectivity index (χ3n) is 6.51. The molecule has 4 bridgehead atoms. The number of thioether (sulfide) groups is 1. The second-order valence-corrected chi connectivity index (χ2v) is 9.56. The number of nitrogens with one attached hydrogen (secondary N) is 1. The van der Waals surface area contributed by atoms with Crippen molar-refractivity contribution >= 4 is 17.7 Å². The molecule has 6 rings (SSSR count). The fraction of sp³-hybridized carbons (Fsp3) is 0.571. The number of nitrogens with zero attached hydrogens (tertiary/aromatic N) is 2. The van der Waals surface area contributed by atoms with E-state index in [-0.39, 0.29) is 11.4 Å². The molecule has 4 fully saturated rings. The van der Waals surface area contributed by atoms with Gasteiger partial charge < -0.3 is 14.5 Å². The van der Waals surface area contributed by atoms with Crippen LogP contribution >= 0.6 is 11.8 Å². The lowest BCUT2D eigenvalue weighted by Crippen LogP contribution is -2.60. The van der Waals surface area contributed by atoms with Crippen LogP contribution in [0.4, 0.5) is 0 Å². The number of amides is 1. The Bertz CT molecular complexity index is 829. The van der Waals surface area contributed by atoms with Gasteiger partial charge in [-0.15, -0.1) is 10.2 Å². The summed E-state index contributed by atoms with van der Waals surface area (Å²) in [6.45, 7) is 0. The van der Waals surface area contributed by atoms with Crippen molar-refractivity contribution in [2.45, 2.75) is 49.3 Å². The van der Waals surface area contributed by atoms with Gasteiger partial charge in [-0.2, -0.15) is 0 Å². The van der Waals surface area contributed by atoms with E-state index in [2.05, 4.69) is 15.5 Å². The van der Waals surface area contributed by atoms with Crippen molar-refractivity contribution in [2.75, 3.05) is 12.9 Å². The average molecular weight is 400 g/mol. The molecule has 0 aliphatic heterocycles. The molecule has 28 heavy (non-hydrogen) atoms. The van der Waals surface area contributed by atoms with Crippen LogP contribution in [0.1, 0.15) is 38.5 Å². The molecular weight excluding hydrogens is 374 g/mol. The van der Waals surface area contributed by atoms with Crippen molar-refractivity contribution in [3.05, 3.63) is 24.3 Å². The molecule has 2 aromatic rings. The first-order chi connectivity index (χ1) is 13.6. The molecule has 0 atom stereocenters. The van der Waals surface area contributed by atoms with Crippen molar-refractivity contribution in [2.24, 2.45) is 17.8 Å². The van der Waals surface area contributed by atoms with E-state index in [1.165, 1.54) is 50.3 Å². The van der Waals surface area contributed by atoms with Gasteiger partial charge >= 0.3 is 0 Å². The minimum absolute atomic E-state index is 0.0511. The Labute approximate surface area is 168 Å². The van der Waals surface area contributed by atoms with Crippen LogP contribution in [0, 0.1) is 17.8 Å². The maximum absolute atomic E-state index is 12.6. The van der Waals surface area contributed by atoms with E-state index in [0.29, 0.717) is 16.9 Å². The van der Waals surface area contributed by atoms with Gasteiger partial charge in [0.1, 0.15) is 5.75 Å². The lowest BCUT2D eigenvalue weighted by atomic mass is 9.53. The van der Waals surface area contributed by atoms with Crippen LogP contribution in [-0.2, 0) is 4.79 Å². The zero-order valence-electron chi connectivity index (χ0n) is 16.0. The summed E-state index contributed by atoms with van der Waals surface area (Å²) in [5.74, 6) is 4.08. The number of ether oxygens (including phenoxy) is 1. The molecule has 1 aromatic carbocycles. The number of carbonyl (C=O) groups excluding carboxylic acids is 1. The molecule has 0 radical (unpaired) electrons. The van der Waals surface area contributed by atoms with Gasteiger partial charge in [0.2, 0.25) is 11.8 Å². The van der Waals surface area contributed by atoms with E-state index in [4.69, 9.17) is 9.15 Å². The second-order valence-electron chi connectivity index (χ2n) is 8.64. The quantitative estimate of drug-likeness (QED) is 0.742. The molecule has 7 heteroatoms. The summed E-state index contributed by atoms with van der Waals surface area (Å²) in [7, 11) is 1.63. The molecule has 4 aliphatic carbocycles. The van der Waals surface area contributed by atoms with Crippen LogP contribution in [-0.4, -0.2) is 34.5 Å². The summed E-state index contributed by atoms with van der Waals surface area (Å²) < 4.78 is 10.9. The van der Waals surface area contributed by atoms with Crippen molar-refractivity contribution in [3.63, 3.8) is 0 Å². The van der Waals surface area contributed by atoms with Gasteiger partial charge in [-0.25, -0.2) is 0 Å². The highest BCUT2D eigenvalue weighted by Gasteiger charge is 2.51. The normalized spacial score (nSPS) is 30.4. The fourth-order valence-electron chi connectivity index (χ4n) is 5.84. The zero-order chi connectivity index (χ0) is 19.1. The molecule has 1 heterocycles. The highest BCUT2D eigenvalue weighted by atomic mass is 32.2. The van der Waals surface area contributed by atoms with Gasteiger partial charge in [-0.3, -0.25) is 4.79 Å². The Hall–Kier alpha value is -2.02. The summed E-state index contributed by atoms with van der Waals surface area (Å²) >= 11 is 1.30. The lowest BCUT2D eigenvalue weighted by Gasteiger charge is -2.56. The SMILES string of the molecule is COc1ccc(-c2nnc(SCC(=O)NC34CC5CC(CC(C5)C3)C4)o2)cc1. The summed E-state index contributed by atoms with van der Waals surface area (Å²) in [6.07, 6.45) is 7.62. The number of methoxy groups -OCH3 is 1. The Morgan fingerprint density at radius 2 is 1.79 bits per heavy atom. The minimum atomic E-state index is 0.0511. The standard InChI is InChI=1S/C21H25N3O3S/c1-26-17-4-2-16(3-5-17)19-23-24-20(27-19)28-12-18(25)22-21-9-13-6-14(10-21)8-15(7-13)11-21/h2-5,13-15H,6-12H2,1H3,(H,22,25). The maximum atomic E-state index is 12.6. The number of hydrogen-bond donors (Lipinski definition) is 1. The predicted molar refractivity (Wildman–Crippen MR) is 106 cm³/mol. The third kappa shape index (κ3) is 3.52. The first kappa shape index (κ1) is 18.0. The van der Waals surface area contributed by atoms with Crippen molar-refractivity contribution in [1.82, 2.24) is 15.5 Å². The second kappa shape index (κ2) is 7.10. The van der Waals surface area contributed by atoms with Gasteiger partial charge in [-0.1, -0.05) is 11.8 Å². The van der Waals surface area contributed by atoms with E-state index < -0.39 is 0 Å². The van der Waals surface area contributed by atoms with Crippen LogP contribution in [0.5, 0.6) is 5.75 Å². The first-order valence-corrected chi connectivity index (χ1v) is 11.0. The van der Waals surface area contributed by atoms with Gasteiger partial charge in [0, 0.05) is 11.1 Å². The van der Waals surface area contributed by atoms with E-state index in [9.17, 15) is 4.79 Å². The van der Waals surface area contributed by atoms with Crippen LogP contribution in [0.25, 0.3) is 11.5 Å². The number of aromatic nitrogens is 2. The number of hydrogen-bond acceptors (Lipinski definition) is 6. The minimum Gasteiger partial charge on any atom is -0.497 e. The zero-order valence-corrected chi connectivity index (χ0v) is 16.8. The predicted octanol–water partition coefficient (Wildman–Crippen LogP) is 3.92. The molecule has 1 aromatic heterocycles.